The lowest BCUT2D eigenvalue weighted by atomic mass is 9.89. The van der Waals surface area contributed by atoms with E-state index in [1.165, 1.54) is 6.20 Å². The largest absolute Gasteiger partial charge is 0.394 e. The molecule has 29 heavy (non-hydrogen) atoms. The van der Waals surface area contributed by atoms with Crippen molar-refractivity contribution in [3.05, 3.63) is 43.5 Å². The first-order valence-electron chi connectivity index (χ1n) is 8.78. The maximum absolute atomic E-state index is 12.0. The fourth-order valence-corrected chi connectivity index (χ4v) is 3.59. The van der Waals surface area contributed by atoms with Gasteiger partial charge in [-0.25, -0.2) is 4.79 Å². The molecule has 0 radical (unpaired) electrons. The van der Waals surface area contributed by atoms with Crippen LogP contribution >= 0.6 is 0 Å². The molecule has 0 spiro atoms. The highest BCUT2D eigenvalue weighted by molar-refractivity contribution is 5.01. The van der Waals surface area contributed by atoms with Gasteiger partial charge in [0.25, 0.3) is 5.56 Å². The van der Waals surface area contributed by atoms with Crippen molar-refractivity contribution in [2.45, 2.75) is 61.4 Å². The number of hydrogen-bond acceptors (Lipinski definition) is 10. The number of aromatic nitrogens is 2. The molecule has 6 N–H and O–H groups in total. The molecule has 14 nitrogen and oxygen atoms in total. The molecule has 9 atom stereocenters. The van der Waals surface area contributed by atoms with E-state index in [1.807, 2.05) is 0 Å². The van der Waals surface area contributed by atoms with Crippen molar-refractivity contribution in [1.29, 1.82) is 0 Å². The van der Waals surface area contributed by atoms with E-state index in [2.05, 4.69) is 15.0 Å². The van der Waals surface area contributed by atoms with Gasteiger partial charge in [-0.1, -0.05) is 5.11 Å². The van der Waals surface area contributed by atoms with E-state index in [1.54, 1.807) is 0 Å². The molecule has 160 valence electrons. The summed E-state index contributed by atoms with van der Waals surface area (Å²) < 4.78 is 12.0. The summed E-state index contributed by atoms with van der Waals surface area (Å²) in [6.07, 6.45) is -10.5. The number of nitrogens with zero attached hydrogens (tertiary/aromatic N) is 4. The minimum absolute atomic E-state index is 0.0326. The zero-order valence-electron chi connectivity index (χ0n) is 14.9. The van der Waals surface area contributed by atoms with E-state index < -0.39 is 72.9 Å². The van der Waals surface area contributed by atoms with Crippen LogP contribution < -0.4 is 11.2 Å². The molecule has 0 bridgehead atoms. The van der Waals surface area contributed by atoms with Crippen molar-refractivity contribution < 1.29 is 35.0 Å². The minimum atomic E-state index is -1.73. The normalized spacial score (nSPS) is 38.4. The Labute approximate surface area is 162 Å². The fraction of sp³-hybridized carbons (Fsp3) is 0.733. The Hall–Kier alpha value is -2.29. The highest BCUT2D eigenvalue weighted by Crippen LogP contribution is 2.35. The zero-order valence-corrected chi connectivity index (χ0v) is 14.9. The Bertz CT molecular complexity index is 881. The van der Waals surface area contributed by atoms with Gasteiger partial charge in [-0.2, -0.15) is 0 Å². The Morgan fingerprint density at radius 1 is 1.24 bits per heavy atom. The molecule has 2 aliphatic rings. The first kappa shape index (κ1) is 21.4. The number of nitrogens with one attached hydrogen (secondary N) is 1. The molecule has 1 aromatic rings. The summed E-state index contributed by atoms with van der Waals surface area (Å²) in [5.41, 5.74) is 7.42. The third kappa shape index (κ3) is 4.05. The molecule has 2 fully saturated rings. The van der Waals surface area contributed by atoms with Crippen LogP contribution in [0.3, 0.4) is 0 Å². The van der Waals surface area contributed by atoms with Crippen molar-refractivity contribution in [3.63, 3.8) is 0 Å². The lowest BCUT2D eigenvalue weighted by Gasteiger charge is -2.43. The van der Waals surface area contributed by atoms with Crippen LogP contribution in [-0.4, -0.2) is 90.5 Å². The first-order chi connectivity index (χ1) is 13.8. The molecule has 1 aromatic heterocycles. The van der Waals surface area contributed by atoms with Crippen LogP contribution in [-0.2, 0) is 9.47 Å². The van der Waals surface area contributed by atoms with Crippen LogP contribution in [0.15, 0.2) is 27.0 Å². The quantitative estimate of drug-likeness (QED) is 0.161. The molecule has 0 aliphatic carbocycles. The average Bonchev–Trinajstić information content (AvgIpc) is 3.10. The number of ether oxygens (including phenoxy) is 2. The van der Waals surface area contributed by atoms with Gasteiger partial charge in [0.1, 0.15) is 42.9 Å². The van der Waals surface area contributed by atoms with Gasteiger partial charge in [0.05, 0.1) is 18.8 Å². The van der Waals surface area contributed by atoms with E-state index in [-0.39, 0.29) is 6.42 Å². The summed E-state index contributed by atoms with van der Waals surface area (Å²) in [5, 5.41) is 53.5. The number of aliphatic hydroxyl groups excluding tert-OH is 5. The number of azide groups is 1. The monoisotopic (exact) mass is 415 g/mol. The van der Waals surface area contributed by atoms with Gasteiger partial charge in [0.2, 0.25) is 0 Å². The summed E-state index contributed by atoms with van der Waals surface area (Å²) >= 11 is 0. The van der Waals surface area contributed by atoms with Crippen LogP contribution in [0, 0.1) is 0 Å². The molecule has 2 aliphatic heterocycles. The third-order valence-corrected chi connectivity index (χ3v) is 5.10. The Balaban J connectivity index is 1.86. The molecule has 14 heteroatoms. The summed E-state index contributed by atoms with van der Waals surface area (Å²) in [7, 11) is 0. The number of aromatic amines is 1. The number of hydrogen-bond donors (Lipinski definition) is 6. The van der Waals surface area contributed by atoms with Gasteiger partial charge in [-0.3, -0.25) is 14.3 Å². The molecule has 3 rings (SSSR count). The predicted octanol–water partition coefficient (Wildman–Crippen LogP) is -3.29. The molecule has 3 heterocycles. The minimum Gasteiger partial charge on any atom is -0.394 e. The summed E-state index contributed by atoms with van der Waals surface area (Å²) in [5.74, 6) is 0. The number of H-pyrrole nitrogens is 1. The molecular weight excluding hydrogens is 394 g/mol. The van der Waals surface area contributed by atoms with Crippen LogP contribution in [0.4, 0.5) is 0 Å². The molecule has 0 saturated carbocycles. The van der Waals surface area contributed by atoms with Gasteiger partial charge in [-0.15, -0.1) is 0 Å². The maximum atomic E-state index is 12.0. The Morgan fingerprint density at radius 2 is 1.97 bits per heavy atom. The highest BCUT2D eigenvalue weighted by Gasteiger charge is 2.51. The lowest BCUT2D eigenvalue weighted by molar-refractivity contribution is -0.260. The van der Waals surface area contributed by atoms with E-state index in [9.17, 15) is 35.1 Å². The van der Waals surface area contributed by atoms with Gasteiger partial charge in [0, 0.05) is 23.6 Å². The number of aliphatic hydroxyl groups is 5. The molecule has 0 aromatic carbocycles. The molecule has 2 saturated heterocycles. The summed E-state index contributed by atoms with van der Waals surface area (Å²) in [4.78, 5) is 28.0. The smallest absolute Gasteiger partial charge is 0.330 e. The van der Waals surface area contributed by atoms with Crippen molar-refractivity contribution >= 4 is 0 Å². The van der Waals surface area contributed by atoms with Gasteiger partial charge < -0.3 is 35.0 Å². The molecule has 0 amide bonds. The fourth-order valence-electron chi connectivity index (χ4n) is 3.59. The van der Waals surface area contributed by atoms with Crippen molar-refractivity contribution in [1.82, 2.24) is 9.55 Å². The zero-order chi connectivity index (χ0) is 21.3. The van der Waals surface area contributed by atoms with Crippen molar-refractivity contribution in [2.75, 3.05) is 6.61 Å². The lowest BCUT2D eigenvalue weighted by Crippen LogP contribution is -2.63. The predicted molar refractivity (Wildman–Crippen MR) is 92.6 cm³/mol. The second-order valence-electron chi connectivity index (χ2n) is 6.86. The van der Waals surface area contributed by atoms with Gasteiger partial charge in [-0.05, 0) is 5.53 Å². The number of rotatable bonds is 5. The van der Waals surface area contributed by atoms with Crippen LogP contribution in [0.5, 0.6) is 0 Å². The summed E-state index contributed by atoms with van der Waals surface area (Å²) in [6, 6.07) is 0.112. The SMILES string of the molecule is [N-]=[N+]=N[C@H]1C[C@H](n2ccc(=O)[nH]c2=O)O[C@@H]1C(O)[C@@H]1O[C@H](CO)[C@@H](O)[C@H](O)[C@H]1O. The van der Waals surface area contributed by atoms with Crippen LogP contribution in [0.25, 0.3) is 10.4 Å². The average molecular weight is 415 g/mol. The second-order valence-corrected chi connectivity index (χ2v) is 6.86. The third-order valence-electron chi connectivity index (χ3n) is 5.10. The second kappa shape index (κ2) is 8.61. The first-order valence-corrected chi connectivity index (χ1v) is 8.78. The Kier molecular flexibility index (Phi) is 6.36. The van der Waals surface area contributed by atoms with E-state index in [0.717, 1.165) is 10.6 Å². The van der Waals surface area contributed by atoms with E-state index >= 15 is 0 Å². The van der Waals surface area contributed by atoms with Crippen molar-refractivity contribution in [2.24, 2.45) is 5.11 Å². The van der Waals surface area contributed by atoms with E-state index in [4.69, 9.17) is 15.0 Å². The standard InChI is InChI=1S/C15H21N5O9/c16-19-18-5-3-8(20-2-1-7(22)17-15(20)27)29-13(5)12(26)14-11(25)10(24)9(23)6(4-21)28-14/h1-2,5-6,8-14,21,23-26H,3-4H2,(H,17,22,27)/t5-,6+,8+,9+,10-,11+,12?,13-,14+/m0/s1. The van der Waals surface area contributed by atoms with Gasteiger partial charge in [0.15, 0.2) is 0 Å². The van der Waals surface area contributed by atoms with Crippen LogP contribution in [0.2, 0.25) is 0 Å². The topological polar surface area (TPSA) is 223 Å². The van der Waals surface area contributed by atoms with E-state index in [0.29, 0.717) is 0 Å². The highest BCUT2D eigenvalue weighted by atomic mass is 16.6. The maximum Gasteiger partial charge on any atom is 0.330 e. The summed E-state index contributed by atoms with van der Waals surface area (Å²) in [6.45, 7) is -0.686. The molecular formula is C15H21N5O9. The van der Waals surface area contributed by atoms with Crippen molar-refractivity contribution in [3.8, 4) is 0 Å². The Morgan fingerprint density at radius 3 is 2.59 bits per heavy atom. The van der Waals surface area contributed by atoms with Crippen LogP contribution in [0.1, 0.15) is 12.6 Å². The van der Waals surface area contributed by atoms with Gasteiger partial charge >= 0.3 is 5.69 Å². The molecule has 1 unspecified atom stereocenters.